The fraction of sp³-hybridized carbons (Fsp3) is 0.167. The van der Waals surface area contributed by atoms with Crippen molar-refractivity contribution in [1.82, 2.24) is 4.98 Å². The first kappa shape index (κ1) is 12.8. The Balaban J connectivity index is 0.000000181. The third kappa shape index (κ3) is 5.00. The molecule has 3 nitrogen and oxygen atoms in total. The average Bonchev–Trinajstić information content (AvgIpc) is 2.74. The summed E-state index contributed by atoms with van der Waals surface area (Å²) in [6, 6.07) is 11.0. The van der Waals surface area contributed by atoms with Crippen molar-refractivity contribution < 1.29 is 5.11 Å². The third-order valence-electron chi connectivity index (χ3n) is 1.93. The van der Waals surface area contributed by atoms with Crippen molar-refractivity contribution in [2.24, 2.45) is 5.73 Å². The highest BCUT2D eigenvalue weighted by atomic mass is 79.9. The molecule has 86 valence electrons. The van der Waals surface area contributed by atoms with Crippen molar-refractivity contribution in [3.8, 4) is 5.75 Å². The smallest absolute Gasteiger partial charge is 0.115 e. The third-order valence-corrected chi connectivity index (χ3v) is 2.42. The molecule has 0 unspecified atom stereocenters. The van der Waals surface area contributed by atoms with E-state index >= 15 is 0 Å². The van der Waals surface area contributed by atoms with E-state index in [1.807, 2.05) is 30.5 Å². The van der Waals surface area contributed by atoms with Crippen molar-refractivity contribution in [1.29, 1.82) is 0 Å². The molecule has 1 heterocycles. The second-order valence-electron chi connectivity index (χ2n) is 3.22. The van der Waals surface area contributed by atoms with Crippen LogP contribution < -0.4 is 5.73 Å². The standard InChI is InChI=1S/C8H11NO.C4H4BrN/c9-6-5-7-1-3-8(10)4-2-7;5-4-2-1-3-6-4/h1-4,10H,5-6,9H2;1-3,6H. The van der Waals surface area contributed by atoms with Crippen LogP contribution in [0.4, 0.5) is 0 Å². The van der Waals surface area contributed by atoms with Gasteiger partial charge in [0.15, 0.2) is 0 Å². The molecule has 0 fully saturated rings. The molecule has 2 rings (SSSR count). The number of phenolic OH excluding ortho intramolecular Hbond substituents is 1. The van der Waals surface area contributed by atoms with Gasteiger partial charge < -0.3 is 15.8 Å². The molecule has 2 aromatic rings. The molecular weight excluding hydrogens is 268 g/mol. The van der Waals surface area contributed by atoms with Crippen molar-refractivity contribution >= 4 is 15.9 Å². The highest BCUT2D eigenvalue weighted by molar-refractivity contribution is 9.10. The lowest BCUT2D eigenvalue weighted by Gasteiger charge is -1.96. The van der Waals surface area contributed by atoms with Gasteiger partial charge in [-0.1, -0.05) is 12.1 Å². The van der Waals surface area contributed by atoms with Crippen LogP contribution in [-0.2, 0) is 6.42 Å². The molecule has 1 aromatic carbocycles. The minimum absolute atomic E-state index is 0.306. The molecule has 0 radical (unpaired) electrons. The van der Waals surface area contributed by atoms with Crippen molar-refractivity contribution in [3.63, 3.8) is 0 Å². The van der Waals surface area contributed by atoms with Gasteiger partial charge >= 0.3 is 0 Å². The monoisotopic (exact) mass is 282 g/mol. The van der Waals surface area contributed by atoms with Crippen molar-refractivity contribution in [2.45, 2.75) is 6.42 Å². The molecule has 0 aliphatic heterocycles. The van der Waals surface area contributed by atoms with E-state index in [0.29, 0.717) is 12.3 Å². The highest BCUT2D eigenvalue weighted by Crippen LogP contribution is 2.09. The number of aromatic hydroxyl groups is 1. The Morgan fingerprint density at radius 1 is 1.19 bits per heavy atom. The molecule has 4 N–H and O–H groups in total. The Hall–Kier alpha value is -1.26. The largest absolute Gasteiger partial charge is 0.508 e. The first-order chi connectivity index (χ1) is 7.72. The van der Waals surface area contributed by atoms with Gasteiger partial charge in [0.2, 0.25) is 0 Å². The number of nitrogens with one attached hydrogen (secondary N) is 1. The predicted molar refractivity (Wildman–Crippen MR) is 69.4 cm³/mol. The molecule has 0 aliphatic rings. The van der Waals surface area contributed by atoms with E-state index in [-0.39, 0.29) is 0 Å². The van der Waals surface area contributed by atoms with Crippen LogP contribution in [0.25, 0.3) is 0 Å². The van der Waals surface area contributed by atoms with E-state index in [0.717, 1.165) is 11.0 Å². The number of rotatable bonds is 2. The summed E-state index contributed by atoms with van der Waals surface area (Å²) in [7, 11) is 0. The number of aromatic amines is 1. The average molecular weight is 283 g/mol. The molecule has 0 amide bonds. The maximum atomic E-state index is 8.89. The highest BCUT2D eigenvalue weighted by Gasteiger charge is 1.89. The Morgan fingerprint density at radius 2 is 1.88 bits per heavy atom. The van der Waals surface area contributed by atoms with Gasteiger partial charge in [-0.3, -0.25) is 0 Å². The summed E-state index contributed by atoms with van der Waals surface area (Å²) in [6.07, 6.45) is 2.74. The lowest BCUT2D eigenvalue weighted by molar-refractivity contribution is 0.475. The summed E-state index contributed by atoms with van der Waals surface area (Å²) < 4.78 is 1.03. The van der Waals surface area contributed by atoms with E-state index in [1.54, 1.807) is 12.1 Å². The van der Waals surface area contributed by atoms with E-state index in [2.05, 4.69) is 20.9 Å². The second kappa shape index (κ2) is 7.09. The van der Waals surface area contributed by atoms with Crippen molar-refractivity contribution in [2.75, 3.05) is 6.54 Å². The SMILES string of the molecule is Brc1ccc[nH]1.NCCc1ccc(O)cc1. The molecule has 0 spiro atoms. The van der Waals surface area contributed by atoms with E-state index < -0.39 is 0 Å². The van der Waals surface area contributed by atoms with E-state index in [4.69, 9.17) is 10.8 Å². The van der Waals surface area contributed by atoms with Gasteiger partial charge in [0.05, 0.1) is 4.60 Å². The first-order valence-corrected chi connectivity index (χ1v) is 5.78. The van der Waals surface area contributed by atoms with Gasteiger partial charge in [-0.05, 0) is 58.7 Å². The molecular formula is C12H15BrN2O. The van der Waals surface area contributed by atoms with Crippen LogP contribution in [0.3, 0.4) is 0 Å². The van der Waals surface area contributed by atoms with Crippen LogP contribution in [-0.4, -0.2) is 16.6 Å². The molecule has 0 atom stereocenters. The number of H-pyrrole nitrogens is 1. The molecule has 1 aromatic heterocycles. The molecule has 0 bridgehead atoms. The minimum atomic E-state index is 0.306. The van der Waals surface area contributed by atoms with Crippen LogP contribution in [0.2, 0.25) is 0 Å². The molecule has 0 aliphatic carbocycles. The normalized spacial score (nSPS) is 9.38. The molecule has 0 saturated carbocycles. The minimum Gasteiger partial charge on any atom is -0.508 e. The molecule has 4 heteroatoms. The van der Waals surface area contributed by atoms with Crippen LogP contribution in [0.1, 0.15) is 5.56 Å². The molecule has 0 saturated heterocycles. The predicted octanol–water partition coefficient (Wildman–Crippen LogP) is 2.67. The number of aromatic nitrogens is 1. The quantitative estimate of drug-likeness (QED) is 0.793. The van der Waals surface area contributed by atoms with Gasteiger partial charge in [0.1, 0.15) is 5.75 Å². The second-order valence-corrected chi connectivity index (χ2v) is 4.08. The van der Waals surface area contributed by atoms with Crippen LogP contribution in [0.15, 0.2) is 47.2 Å². The van der Waals surface area contributed by atoms with Gasteiger partial charge in [-0.25, -0.2) is 0 Å². The number of nitrogens with two attached hydrogens (primary N) is 1. The summed E-state index contributed by atoms with van der Waals surface area (Å²) >= 11 is 3.23. The Morgan fingerprint density at radius 3 is 2.25 bits per heavy atom. The molecule has 16 heavy (non-hydrogen) atoms. The van der Waals surface area contributed by atoms with Gasteiger partial charge in [0.25, 0.3) is 0 Å². The topological polar surface area (TPSA) is 62.0 Å². The summed E-state index contributed by atoms with van der Waals surface area (Å²) in [5.41, 5.74) is 6.50. The summed E-state index contributed by atoms with van der Waals surface area (Å²) in [5, 5.41) is 8.89. The van der Waals surface area contributed by atoms with E-state index in [1.165, 1.54) is 5.56 Å². The Labute approximate surface area is 103 Å². The van der Waals surface area contributed by atoms with Crippen LogP contribution in [0.5, 0.6) is 5.75 Å². The summed E-state index contributed by atoms with van der Waals surface area (Å²) in [4.78, 5) is 2.92. The number of benzene rings is 1. The van der Waals surface area contributed by atoms with E-state index in [9.17, 15) is 0 Å². The zero-order valence-corrected chi connectivity index (χ0v) is 10.4. The number of halogens is 1. The Bertz CT molecular complexity index is 384. The van der Waals surface area contributed by atoms with Gasteiger partial charge in [-0.2, -0.15) is 0 Å². The van der Waals surface area contributed by atoms with Crippen molar-refractivity contribution in [3.05, 3.63) is 52.8 Å². The van der Waals surface area contributed by atoms with Crippen LogP contribution in [0, 0.1) is 0 Å². The maximum Gasteiger partial charge on any atom is 0.115 e. The number of phenols is 1. The number of hydrogen-bond donors (Lipinski definition) is 3. The zero-order valence-electron chi connectivity index (χ0n) is 8.86. The first-order valence-electron chi connectivity index (χ1n) is 4.99. The maximum absolute atomic E-state index is 8.89. The lowest BCUT2D eigenvalue weighted by atomic mass is 10.1. The number of hydrogen-bond acceptors (Lipinski definition) is 2. The summed E-state index contributed by atoms with van der Waals surface area (Å²) in [5.74, 6) is 0.306. The lowest BCUT2D eigenvalue weighted by Crippen LogP contribution is -2.01. The zero-order chi connectivity index (χ0) is 11.8. The van der Waals surface area contributed by atoms with Gasteiger partial charge in [0, 0.05) is 6.20 Å². The fourth-order valence-electron chi connectivity index (χ4n) is 1.14. The Kier molecular flexibility index (Phi) is 5.67. The fourth-order valence-corrected chi connectivity index (χ4v) is 1.42. The summed E-state index contributed by atoms with van der Waals surface area (Å²) in [6.45, 7) is 0.658. The van der Waals surface area contributed by atoms with Crippen LogP contribution >= 0.6 is 15.9 Å². The van der Waals surface area contributed by atoms with Gasteiger partial charge in [-0.15, -0.1) is 0 Å².